The lowest BCUT2D eigenvalue weighted by Gasteiger charge is -2.24. The molecule has 0 radical (unpaired) electrons. The van der Waals surface area contributed by atoms with E-state index in [0.717, 1.165) is 29.0 Å². The van der Waals surface area contributed by atoms with Crippen molar-refractivity contribution in [2.75, 3.05) is 14.2 Å². The van der Waals surface area contributed by atoms with Crippen LogP contribution in [0.2, 0.25) is 0 Å². The Labute approximate surface area is 145 Å². The number of ether oxygens (including phenoxy) is 2. The number of nitrogens with zero attached hydrogens (tertiary/aromatic N) is 3. The van der Waals surface area contributed by atoms with E-state index >= 15 is 0 Å². The Hall–Kier alpha value is -2.89. The lowest BCUT2D eigenvalue weighted by molar-refractivity contribution is 0.0962. The maximum absolute atomic E-state index is 12.7. The Bertz CT molecular complexity index is 977. The van der Waals surface area contributed by atoms with Crippen LogP contribution in [-0.2, 0) is 6.42 Å². The fourth-order valence-corrected chi connectivity index (χ4v) is 3.45. The van der Waals surface area contributed by atoms with E-state index in [1.54, 1.807) is 24.9 Å². The van der Waals surface area contributed by atoms with Gasteiger partial charge in [-0.2, -0.15) is 5.10 Å². The minimum atomic E-state index is 0.0822. The van der Waals surface area contributed by atoms with Crippen molar-refractivity contribution in [3.63, 3.8) is 0 Å². The van der Waals surface area contributed by atoms with Gasteiger partial charge >= 0.3 is 0 Å². The Morgan fingerprint density at radius 1 is 1.12 bits per heavy atom. The summed E-state index contributed by atoms with van der Waals surface area (Å²) in [6.45, 7) is 1.92. The van der Waals surface area contributed by atoms with Gasteiger partial charge < -0.3 is 9.47 Å². The number of ketones is 1. The van der Waals surface area contributed by atoms with Crippen LogP contribution in [0.25, 0.3) is 5.65 Å². The first-order valence-electron chi connectivity index (χ1n) is 8.20. The van der Waals surface area contributed by atoms with Crippen molar-refractivity contribution in [2.45, 2.75) is 25.7 Å². The van der Waals surface area contributed by atoms with Gasteiger partial charge in [0, 0.05) is 18.7 Å². The third kappa shape index (κ3) is 2.63. The van der Waals surface area contributed by atoms with Crippen LogP contribution in [0, 0.1) is 6.92 Å². The second-order valence-electron chi connectivity index (χ2n) is 6.33. The summed E-state index contributed by atoms with van der Waals surface area (Å²) < 4.78 is 12.4. The lowest BCUT2D eigenvalue weighted by Crippen LogP contribution is -2.21. The highest BCUT2D eigenvalue weighted by molar-refractivity contribution is 5.98. The number of aryl methyl sites for hydroxylation is 1. The van der Waals surface area contributed by atoms with Crippen LogP contribution < -0.4 is 9.47 Å². The standard InChI is InChI=1S/C19H19N3O3/c1-11-6-19-20-15-7-13(8-16(23)14(15)10-22(19)21-11)12-4-5-17(24-2)18(9-12)25-3/h4-6,9-10,13H,7-8H2,1-3H3. The Kier molecular flexibility index (Phi) is 3.67. The molecule has 2 heterocycles. The quantitative estimate of drug-likeness (QED) is 0.735. The third-order valence-electron chi connectivity index (χ3n) is 4.70. The minimum Gasteiger partial charge on any atom is -0.493 e. The normalized spacial score (nSPS) is 16.8. The first kappa shape index (κ1) is 15.6. The molecule has 0 amide bonds. The van der Waals surface area contributed by atoms with Crippen molar-refractivity contribution in [1.82, 2.24) is 14.6 Å². The zero-order chi connectivity index (χ0) is 17.6. The Balaban J connectivity index is 1.73. The first-order chi connectivity index (χ1) is 12.1. The van der Waals surface area contributed by atoms with Gasteiger partial charge in [-0.1, -0.05) is 6.07 Å². The summed E-state index contributed by atoms with van der Waals surface area (Å²) in [6.07, 6.45) is 2.98. The van der Waals surface area contributed by atoms with Crippen LogP contribution in [-0.4, -0.2) is 34.6 Å². The monoisotopic (exact) mass is 337 g/mol. The largest absolute Gasteiger partial charge is 0.493 e. The number of rotatable bonds is 3. The number of methoxy groups -OCH3 is 2. The molecule has 2 aromatic heterocycles. The van der Waals surface area contributed by atoms with Gasteiger partial charge in [-0.3, -0.25) is 4.79 Å². The molecule has 6 nitrogen and oxygen atoms in total. The van der Waals surface area contributed by atoms with E-state index in [2.05, 4.69) is 10.1 Å². The van der Waals surface area contributed by atoms with Gasteiger partial charge in [-0.15, -0.1) is 0 Å². The molecule has 0 spiro atoms. The van der Waals surface area contributed by atoms with E-state index < -0.39 is 0 Å². The minimum absolute atomic E-state index is 0.0822. The molecule has 1 atom stereocenters. The van der Waals surface area contributed by atoms with Crippen molar-refractivity contribution >= 4 is 11.4 Å². The average molecular weight is 337 g/mol. The molecule has 6 heteroatoms. The van der Waals surface area contributed by atoms with Crippen LogP contribution in [0.5, 0.6) is 11.5 Å². The molecule has 128 valence electrons. The van der Waals surface area contributed by atoms with E-state index in [1.165, 1.54) is 0 Å². The van der Waals surface area contributed by atoms with Crippen molar-refractivity contribution < 1.29 is 14.3 Å². The van der Waals surface area contributed by atoms with E-state index in [1.807, 2.05) is 31.2 Å². The van der Waals surface area contributed by atoms with Crippen molar-refractivity contribution in [3.05, 3.63) is 53.0 Å². The van der Waals surface area contributed by atoms with Crippen LogP contribution in [0.1, 0.15) is 39.6 Å². The average Bonchev–Trinajstić information content (AvgIpc) is 2.98. The van der Waals surface area contributed by atoms with Crippen molar-refractivity contribution in [1.29, 1.82) is 0 Å². The van der Waals surface area contributed by atoms with Gasteiger partial charge in [0.15, 0.2) is 22.9 Å². The first-order valence-corrected chi connectivity index (χ1v) is 8.20. The van der Waals surface area contributed by atoms with Crippen LogP contribution in [0.15, 0.2) is 30.5 Å². The summed E-state index contributed by atoms with van der Waals surface area (Å²) in [6, 6.07) is 7.74. The number of carbonyl (C=O) groups is 1. The van der Waals surface area contributed by atoms with Crippen LogP contribution >= 0.6 is 0 Å². The molecule has 1 unspecified atom stereocenters. The molecule has 0 saturated carbocycles. The number of hydrogen-bond donors (Lipinski definition) is 0. The molecule has 0 bridgehead atoms. The molecule has 0 saturated heterocycles. The second kappa shape index (κ2) is 5.88. The highest BCUT2D eigenvalue weighted by Crippen LogP contribution is 2.36. The molecule has 1 aliphatic rings. The van der Waals surface area contributed by atoms with Gasteiger partial charge in [0.1, 0.15) is 0 Å². The molecule has 25 heavy (non-hydrogen) atoms. The Morgan fingerprint density at radius 3 is 2.68 bits per heavy atom. The van der Waals surface area contributed by atoms with Crippen molar-refractivity contribution in [2.24, 2.45) is 0 Å². The summed E-state index contributed by atoms with van der Waals surface area (Å²) in [7, 11) is 3.23. The molecular formula is C19H19N3O3. The lowest BCUT2D eigenvalue weighted by atomic mass is 9.82. The zero-order valence-corrected chi connectivity index (χ0v) is 14.4. The van der Waals surface area contributed by atoms with E-state index in [0.29, 0.717) is 23.5 Å². The van der Waals surface area contributed by atoms with Gasteiger partial charge in [0.2, 0.25) is 0 Å². The van der Waals surface area contributed by atoms with E-state index in [4.69, 9.17) is 9.47 Å². The summed E-state index contributed by atoms with van der Waals surface area (Å²) in [5.41, 5.74) is 4.23. The fourth-order valence-electron chi connectivity index (χ4n) is 3.45. The van der Waals surface area contributed by atoms with Gasteiger partial charge in [-0.05, 0) is 37.0 Å². The number of Topliss-reactive ketones (excluding diaryl/α,β-unsaturated/α-hetero) is 1. The SMILES string of the molecule is COc1ccc(C2CC(=O)c3cn4nc(C)cc4nc3C2)cc1OC. The van der Waals surface area contributed by atoms with E-state index in [9.17, 15) is 4.79 Å². The zero-order valence-electron chi connectivity index (χ0n) is 14.4. The van der Waals surface area contributed by atoms with Gasteiger partial charge in [0.25, 0.3) is 0 Å². The topological polar surface area (TPSA) is 65.7 Å². The molecule has 4 rings (SSSR count). The van der Waals surface area contributed by atoms with Crippen LogP contribution in [0.4, 0.5) is 0 Å². The molecule has 0 fully saturated rings. The maximum atomic E-state index is 12.7. The summed E-state index contributed by atoms with van der Waals surface area (Å²) in [5, 5.41) is 4.35. The number of carbonyl (C=O) groups excluding carboxylic acids is 1. The highest BCUT2D eigenvalue weighted by atomic mass is 16.5. The molecule has 1 aliphatic carbocycles. The smallest absolute Gasteiger partial charge is 0.166 e. The summed E-state index contributed by atoms with van der Waals surface area (Å²) in [5.74, 6) is 1.54. The van der Waals surface area contributed by atoms with E-state index in [-0.39, 0.29) is 11.7 Å². The molecule has 0 N–H and O–H groups in total. The third-order valence-corrected chi connectivity index (χ3v) is 4.70. The number of benzene rings is 1. The fraction of sp³-hybridized carbons (Fsp3) is 0.316. The molecule has 3 aromatic rings. The predicted octanol–water partition coefficient (Wildman–Crippen LogP) is 2.97. The molecule has 1 aromatic carbocycles. The van der Waals surface area contributed by atoms with Gasteiger partial charge in [-0.25, -0.2) is 9.50 Å². The van der Waals surface area contributed by atoms with Gasteiger partial charge in [0.05, 0.1) is 31.2 Å². The van der Waals surface area contributed by atoms with Crippen molar-refractivity contribution in [3.8, 4) is 11.5 Å². The summed E-state index contributed by atoms with van der Waals surface area (Å²) >= 11 is 0. The summed E-state index contributed by atoms with van der Waals surface area (Å²) in [4.78, 5) is 17.3. The molecule has 0 aliphatic heterocycles. The highest BCUT2D eigenvalue weighted by Gasteiger charge is 2.28. The van der Waals surface area contributed by atoms with Crippen LogP contribution in [0.3, 0.4) is 0 Å². The Morgan fingerprint density at radius 2 is 1.92 bits per heavy atom. The maximum Gasteiger partial charge on any atom is 0.166 e. The predicted molar refractivity (Wildman–Crippen MR) is 92.7 cm³/mol. The number of aromatic nitrogens is 3. The number of hydrogen-bond acceptors (Lipinski definition) is 5. The molecular weight excluding hydrogens is 318 g/mol. The second-order valence-corrected chi connectivity index (χ2v) is 6.33. The number of fused-ring (bicyclic) bond motifs is 2.